The normalized spacial score (nSPS) is 11.1. The lowest BCUT2D eigenvalue weighted by Crippen LogP contribution is -2.37. The van der Waals surface area contributed by atoms with Crippen LogP contribution in [0.25, 0.3) is 0 Å². The molecular formula is C12H18BrN3O. The molecule has 17 heavy (non-hydrogen) atoms. The van der Waals surface area contributed by atoms with E-state index in [9.17, 15) is 4.79 Å². The van der Waals surface area contributed by atoms with Crippen LogP contribution in [0.5, 0.6) is 0 Å². The zero-order valence-corrected chi connectivity index (χ0v) is 12.0. The summed E-state index contributed by atoms with van der Waals surface area (Å²) in [5, 5.41) is 6.00. The van der Waals surface area contributed by atoms with Gasteiger partial charge in [0.1, 0.15) is 5.82 Å². The first kappa shape index (κ1) is 14.0. The first-order valence-electron chi connectivity index (χ1n) is 5.53. The van der Waals surface area contributed by atoms with Crippen LogP contribution in [0.15, 0.2) is 22.8 Å². The van der Waals surface area contributed by atoms with Crippen molar-refractivity contribution in [2.24, 2.45) is 5.41 Å². The van der Waals surface area contributed by atoms with Gasteiger partial charge in [-0.25, -0.2) is 4.98 Å². The number of carbonyl (C=O) groups is 1. The number of aromatic nitrogens is 1. The molecule has 0 saturated heterocycles. The number of pyridine rings is 1. The van der Waals surface area contributed by atoms with Gasteiger partial charge in [-0.05, 0) is 28.1 Å². The molecule has 5 heteroatoms. The van der Waals surface area contributed by atoms with Crippen LogP contribution < -0.4 is 10.6 Å². The Morgan fingerprint density at radius 3 is 2.59 bits per heavy atom. The summed E-state index contributed by atoms with van der Waals surface area (Å²) in [6.07, 6.45) is 1.73. The van der Waals surface area contributed by atoms with Crippen molar-refractivity contribution in [1.82, 2.24) is 10.3 Å². The molecule has 1 aromatic rings. The fraction of sp³-hybridized carbons (Fsp3) is 0.500. The third kappa shape index (κ3) is 5.17. The zero-order chi connectivity index (χ0) is 12.9. The lowest BCUT2D eigenvalue weighted by atomic mass is 9.96. The predicted octanol–water partition coefficient (Wildman–Crippen LogP) is 2.42. The minimum Gasteiger partial charge on any atom is -0.368 e. The van der Waals surface area contributed by atoms with Gasteiger partial charge >= 0.3 is 0 Å². The molecular weight excluding hydrogens is 282 g/mol. The fourth-order valence-electron chi connectivity index (χ4n) is 1.11. The molecule has 0 fully saturated rings. The van der Waals surface area contributed by atoms with Crippen molar-refractivity contribution in [2.75, 3.05) is 18.4 Å². The molecule has 0 aliphatic carbocycles. The van der Waals surface area contributed by atoms with Crippen molar-refractivity contribution < 1.29 is 4.79 Å². The monoisotopic (exact) mass is 299 g/mol. The predicted molar refractivity (Wildman–Crippen MR) is 72.9 cm³/mol. The highest BCUT2D eigenvalue weighted by Crippen LogP contribution is 2.12. The van der Waals surface area contributed by atoms with Crippen LogP contribution in [-0.4, -0.2) is 24.0 Å². The third-order valence-electron chi connectivity index (χ3n) is 2.13. The van der Waals surface area contributed by atoms with Crippen LogP contribution in [-0.2, 0) is 4.79 Å². The Labute approximate surface area is 110 Å². The minimum atomic E-state index is -0.337. The summed E-state index contributed by atoms with van der Waals surface area (Å²) in [5.74, 6) is 0.862. The number of amides is 1. The van der Waals surface area contributed by atoms with E-state index in [1.165, 1.54) is 0 Å². The smallest absolute Gasteiger partial charge is 0.225 e. The second-order valence-electron chi connectivity index (χ2n) is 4.79. The lowest BCUT2D eigenvalue weighted by Gasteiger charge is -2.17. The Morgan fingerprint density at radius 2 is 2.06 bits per heavy atom. The number of nitrogens with one attached hydrogen (secondary N) is 2. The van der Waals surface area contributed by atoms with Gasteiger partial charge < -0.3 is 10.6 Å². The van der Waals surface area contributed by atoms with E-state index in [2.05, 4.69) is 31.5 Å². The van der Waals surface area contributed by atoms with Crippen molar-refractivity contribution in [1.29, 1.82) is 0 Å². The average Bonchev–Trinajstić information content (AvgIpc) is 2.25. The molecule has 0 aliphatic rings. The van der Waals surface area contributed by atoms with E-state index < -0.39 is 0 Å². The van der Waals surface area contributed by atoms with Crippen molar-refractivity contribution >= 4 is 27.7 Å². The molecule has 0 atom stereocenters. The van der Waals surface area contributed by atoms with E-state index in [1.807, 2.05) is 32.9 Å². The molecule has 0 aromatic carbocycles. The van der Waals surface area contributed by atoms with Crippen LogP contribution in [0, 0.1) is 5.41 Å². The maximum absolute atomic E-state index is 11.6. The lowest BCUT2D eigenvalue weighted by molar-refractivity contribution is -0.128. The standard InChI is InChI=1S/C12H18BrN3O/c1-12(2,3)11(17)15-7-6-14-10-5-4-9(13)8-16-10/h4-5,8H,6-7H2,1-3H3,(H,14,16)(H,15,17). The van der Waals surface area contributed by atoms with Crippen molar-refractivity contribution in [3.05, 3.63) is 22.8 Å². The van der Waals surface area contributed by atoms with Gasteiger partial charge in [0, 0.05) is 29.2 Å². The zero-order valence-electron chi connectivity index (χ0n) is 10.4. The average molecular weight is 300 g/mol. The Balaban J connectivity index is 2.25. The number of halogens is 1. The maximum Gasteiger partial charge on any atom is 0.225 e. The van der Waals surface area contributed by atoms with Gasteiger partial charge in [-0.2, -0.15) is 0 Å². The Kier molecular flexibility index (Phi) is 4.93. The van der Waals surface area contributed by atoms with Gasteiger partial charge in [-0.1, -0.05) is 20.8 Å². The second-order valence-corrected chi connectivity index (χ2v) is 5.71. The van der Waals surface area contributed by atoms with Gasteiger partial charge in [-0.15, -0.1) is 0 Å². The molecule has 0 spiro atoms. The molecule has 94 valence electrons. The first-order valence-corrected chi connectivity index (χ1v) is 6.32. The molecule has 1 rings (SSSR count). The van der Waals surface area contributed by atoms with Crippen molar-refractivity contribution in [2.45, 2.75) is 20.8 Å². The highest BCUT2D eigenvalue weighted by Gasteiger charge is 2.19. The molecule has 0 unspecified atom stereocenters. The Morgan fingerprint density at radius 1 is 1.35 bits per heavy atom. The van der Waals surface area contributed by atoms with Crippen LogP contribution in [0.3, 0.4) is 0 Å². The topological polar surface area (TPSA) is 54.0 Å². The van der Waals surface area contributed by atoms with E-state index >= 15 is 0 Å². The number of rotatable bonds is 4. The second kappa shape index (κ2) is 6.00. The summed E-state index contributed by atoms with van der Waals surface area (Å²) in [4.78, 5) is 15.7. The van der Waals surface area contributed by atoms with Crippen LogP contribution >= 0.6 is 15.9 Å². The molecule has 0 bridgehead atoms. The summed E-state index contributed by atoms with van der Waals surface area (Å²) >= 11 is 3.32. The number of hydrogen-bond acceptors (Lipinski definition) is 3. The molecule has 2 N–H and O–H groups in total. The van der Waals surface area contributed by atoms with E-state index in [-0.39, 0.29) is 11.3 Å². The summed E-state index contributed by atoms with van der Waals surface area (Å²) in [6, 6.07) is 3.80. The first-order chi connectivity index (χ1) is 7.89. The summed E-state index contributed by atoms with van der Waals surface area (Å²) in [6.45, 7) is 6.94. The molecule has 1 amide bonds. The van der Waals surface area contributed by atoms with Gasteiger partial charge in [0.25, 0.3) is 0 Å². The quantitative estimate of drug-likeness (QED) is 0.840. The molecule has 0 saturated carbocycles. The summed E-state index contributed by atoms with van der Waals surface area (Å²) < 4.78 is 0.948. The Bertz CT molecular complexity index is 370. The molecule has 0 aliphatic heterocycles. The number of carbonyl (C=O) groups excluding carboxylic acids is 1. The third-order valence-corrected chi connectivity index (χ3v) is 2.59. The number of nitrogens with zero attached hydrogens (tertiary/aromatic N) is 1. The highest BCUT2D eigenvalue weighted by molar-refractivity contribution is 9.10. The Hall–Kier alpha value is -1.10. The minimum absolute atomic E-state index is 0.0584. The van der Waals surface area contributed by atoms with Gasteiger partial charge in [-0.3, -0.25) is 4.79 Å². The largest absolute Gasteiger partial charge is 0.368 e. The highest BCUT2D eigenvalue weighted by atomic mass is 79.9. The van der Waals surface area contributed by atoms with E-state index in [0.717, 1.165) is 10.3 Å². The van der Waals surface area contributed by atoms with E-state index in [0.29, 0.717) is 13.1 Å². The van der Waals surface area contributed by atoms with Gasteiger partial charge in [0.05, 0.1) is 0 Å². The number of hydrogen-bond donors (Lipinski definition) is 2. The van der Waals surface area contributed by atoms with Crippen molar-refractivity contribution in [3.63, 3.8) is 0 Å². The van der Waals surface area contributed by atoms with Crippen LogP contribution in [0.1, 0.15) is 20.8 Å². The van der Waals surface area contributed by atoms with Crippen molar-refractivity contribution in [3.8, 4) is 0 Å². The van der Waals surface area contributed by atoms with Crippen LogP contribution in [0.4, 0.5) is 5.82 Å². The SMILES string of the molecule is CC(C)(C)C(=O)NCCNc1ccc(Br)cn1. The summed E-state index contributed by atoms with van der Waals surface area (Å²) in [5.41, 5.74) is -0.337. The fourth-order valence-corrected chi connectivity index (χ4v) is 1.35. The molecule has 1 aromatic heterocycles. The van der Waals surface area contributed by atoms with Gasteiger partial charge in [0.15, 0.2) is 0 Å². The van der Waals surface area contributed by atoms with Gasteiger partial charge in [0.2, 0.25) is 5.91 Å². The molecule has 1 heterocycles. The molecule has 4 nitrogen and oxygen atoms in total. The van der Waals surface area contributed by atoms with E-state index in [1.54, 1.807) is 6.20 Å². The van der Waals surface area contributed by atoms with Crippen LogP contribution in [0.2, 0.25) is 0 Å². The summed E-state index contributed by atoms with van der Waals surface area (Å²) in [7, 11) is 0. The molecule has 0 radical (unpaired) electrons. The van der Waals surface area contributed by atoms with E-state index in [4.69, 9.17) is 0 Å². The number of anilines is 1. The maximum atomic E-state index is 11.6.